The van der Waals surface area contributed by atoms with Gasteiger partial charge in [-0.1, -0.05) is 25.3 Å². The molecule has 0 spiro atoms. The van der Waals surface area contributed by atoms with E-state index in [-0.39, 0.29) is 0 Å². The van der Waals surface area contributed by atoms with Crippen molar-refractivity contribution in [3.63, 3.8) is 0 Å². The van der Waals surface area contributed by atoms with E-state index < -0.39 is 0 Å². The van der Waals surface area contributed by atoms with Crippen LogP contribution in [0.3, 0.4) is 0 Å². The first-order valence-electron chi connectivity index (χ1n) is 13.3. The topological polar surface area (TPSA) is 74.1 Å². The van der Waals surface area contributed by atoms with Crippen LogP contribution in [0.2, 0.25) is 0 Å². The number of benzene rings is 1. The molecule has 1 aliphatic heterocycles. The van der Waals surface area contributed by atoms with Crippen molar-refractivity contribution in [1.82, 2.24) is 14.9 Å². The number of nitrogens with zero attached hydrogens (tertiary/aromatic N) is 4. The number of ether oxygens (including phenoxy) is 1. The van der Waals surface area contributed by atoms with Gasteiger partial charge >= 0.3 is 0 Å². The van der Waals surface area contributed by atoms with Crippen molar-refractivity contribution in [3.05, 3.63) is 52.5 Å². The smallest absolute Gasteiger partial charge is 0.227 e. The second-order valence-electron chi connectivity index (χ2n) is 9.89. The highest BCUT2D eigenvalue weighted by atomic mass is 32.1. The van der Waals surface area contributed by atoms with E-state index in [1.807, 2.05) is 30.3 Å². The van der Waals surface area contributed by atoms with Gasteiger partial charge in [-0.15, -0.1) is 11.3 Å². The number of likely N-dealkylation sites (tertiary alicyclic amines) is 1. The van der Waals surface area contributed by atoms with E-state index in [0.717, 1.165) is 64.9 Å². The zero-order valence-corrected chi connectivity index (χ0v) is 21.9. The summed E-state index contributed by atoms with van der Waals surface area (Å²) in [7, 11) is 0. The Balaban J connectivity index is 1.29. The lowest BCUT2D eigenvalue weighted by Crippen LogP contribution is -2.21. The number of anilines is 2. The average molecular weight is 502 g/mol. The molecule has 1 aliphatic carbocycles. The SMILES string of the molecule is Cc1sc(-c2ccnc(Nc3cccc(OCCCN4CCCC4)c3)n2)c(C2CCCCC2)c1C#N. The van der Waals surface area contributed by atoms with E-state index in [9.17, 15) is 5.26 Å². The number of aromatic nitrogens is 2. The first-order chi connectivity index (χ1) is 17.7. The summed E-state index contributed by atoms with van der Waals surface area (Å²) >= 11 is 1.69. The van der Waals surface area contributed by atoms with E-state index >= 15 is 0 Å². The van der Waals surface area contributed by atoms with Gasteiger partial charge in [0.25, 0.3) is 0 Å². The summed E-state index contributed by atoms with van der Waals surface area (Å²) in [6, 6.07) is 12.4. The molecule has 6 nitrogen and oxygen atoms in total. The summed E-state index contributed by atoms with van der Waals surface area (Å²) < 4.78 is 6.01. The molecule has 2 aliphatic rings. The van der Waals surface area contributed by atoms with Gasteiger partial charge < -0.3 is 15.0 Å². The molecule has 0 atom stereocenters. The van der Waals surface area contributed by atoms with Crippen LogP contribution < -0.4 is 10.1 Å². The Labute approximate surface area is 218 Å². The standard InChI is InChI=1S/C29H35N5OS/c1-21-25(20-30)27(22-9-3-2-4-10-22)28(36-21)26-13-14-31-29(33-26)32-23-11-7-12-24(19-23)35-18-8-17-34-15-5-6-16-34/h7,11-14,19,22H,2-6,8-10,15-18H2,1H3,(H,31,32,33). The molecule has 3 aromatic rings. The highest BCUT2D eigenvalue weighted by Crippen LogP contribution is 2.44. The number of hydrogen-bond acceptors (Lipinski definition) is 7. The molecule has 1 saturated heterocycles. The lowest BCUT2D eigenvalue weighted by atomic mass is 9.82. The first kappa shape index (κ1) is 24.7. The summed E-state index contributed by atoms with van der Waals surface area (Å²) in [4.78, 5) is 14.1. The van der Waals surface area contributed by atoms with Crippen LogP contribution in [0.1, 0.15) is 73.3 Å². The van der Waals surface area contributed by atoms with Crippen LogP contribution in [0, 0.1) is 18.3 Å². The third kappa shape index (κ3) is 5.88. The van der Waals surface area contributed by atoms with E-state index in [2.05, 4.69) is 28.2 Å². The second-order valence-corrected chi connectivity index (χ2v) is 11.1. The Hall–Kier alpha value is -2.95. The van der Waals surface area contributed by atoms with Gasteiger partial charge in [0.1, 0.15) is 11.8 Å². The third-order valence-corrected chi connectivity index (χ3v) is 8.45. The monoisotopic (exact) mass is 501 g/mol. The quantitative estimate of drug-likeness (QED) is 0.317. The van der Waals surface area contributed by atoms with E-state index in [1.54, 1.807) is 17.5 Å². The fourth-order valence-electron chi connectivity index (χ4n) is 5.49. The zero-order chi connectivity index (χ0) is 24.7. The van der Waals surface area contributed by atoms with Crippen LogP contribution in [0.25, 0.3) is 10.6 Å². The maximum Gasteiger partial charge on any atom is 0.227 e. The fraction of sp³-hybridized carbons (Fsp3) is 0.483. The summed E-state index contributed by atoms with van der Waals surface area (Å²) in [5.74, 6) is 1.85. The highest BCUT2D eigenvalue weighted by Gasteiger charge is 2.26. The number of rotatable bonds is 9. The summed E-state index contributed by atoms with van der Waals surface area (Å²) in [5, 5.41) is 13.2. The lowest BCUT2D eigenvalue weighted by molar-refractivity contribution is 0.263. The predicted molar refractivity (Wildman–Crippen MR) is 146 cm³/mol. The van der Waals surface area contributed by atoms with Gasteiger partial charge in [-0.05, 0) is 81.8 Å². The Kier molecular flexibility index (Phi) is 8.15. The molecular formula is C29H35N5OS. The van der Waals surface area contributed by atoms with Gasteiger partial charge in [0, 0.05) is 29.4 Å². The van der Waals surface area contributed by atoms with Crippen LogP contribution in [-0.4, -0.2) is 41.1 Å². The van der Waals surface area contributed by atoms with Gasteiger partial charge in [0.2, 0.25) is 5.95 Å². The fourth-order valence-corrected chi connectivity index (χ4v) is 6.66. The molecule has 2 aromatic heterocycles. The highest BCUT2D eigenvalue weighted by molar-refractivity contribution is 7.15. The molecule has 1 saturated carbocycles. The maximum absolute atomic E-state index is 9.90. The Morgan fingerprint density at radius 1 is 1.14 bits per heavy atom. The van der Waals surface area contributed by atoms with Crippen molar-refractivity contribution in [2.45, 2.75) is 64.2 Å². The van der Waals surface area contributed by atoms with Crippen molar-refractivity contribution >= 4 is 23.0 Å². The molecule has 2 fully saturated rings. The van der Waals surface area contributed by atoms with Gasteiger partial charge in [0.15, 0.2) is 0 Å². The van der Waals surface area contributed by atoms with Crippen molar-refractivity contribution in [1.29, 1.82) is 5.26 Å². The van der Waals surface area contributed by atoms with Gasteiger partial charge in [-0.2, -0.15) is 5.26 Å². The number of thiophene rings is 1. The van der Waals surface area contributed by atoms with Gasteiger partial charge in [-0.3, -0.25) is 0 Å². The van der Waals surface area contributed by atoms with E-state index in [0.29, 0.717) is 11.9 Å². The van der Waals surface area contributed by atoms with Crippen molar-refractivity contribution in [2.75, 3.05) is 31.6 Å². The maximum atomic E-state index is 9.90. The Morgan fingerprint density at radius 2 is 1.97 bits per heavy atom. The Morgan fingerprint density at radius 3 is 2.78 bits per heavy atom. The van der Waals surface area contributed by atoms with Crippen molar-refractivity contribution < 1.29 is 4.74 Å². The van der Waals surface area contributed by atoms with Crippen LogP contribution in [0.15, 0.2) is 36.5 Å². The second kappa shape index (κ2) is 11.9. The zero-order valence-electron chi connectivity index (χ0n) is 21.1. The number of nitriles is 1. The first-order valence-corrected chi connectivity index (χ1v) is 14.1. The van der Waals surface area contributed by atoms with Crippen molar-refractivity contribution in [2.24, 2.45) is 0 Å². The van der Waals surface area contributed by atoms with Crippen LogP contribution in [0.5, 0.6) is 5.75 Å². The number of aryl methyl sites for hydroxylation is 1. The molecule has 7 heteroatoms. The molecule has 36 heavy (non-hydrogen) atoms. The van der Waals surface area contributed by atoms with Crippen molar-refractivity contribution in [3.8, 4) is 22.4 Å². The minimum Gasteiger partial charge on any atom is -0.493 e. The molecule has 0 amide bonds. The molecule has 0 bridgehead atoms. The summed E-state index contributed by atoms with van der Waals surface area (Å²) in [5.41, 5.74) is 3.84. The summed E-state index contributed by atoms with van der Waals surface area (Å²) in [6.45, 7) is 6.33. The lowest BCUT2D eigenvalue weighted by Gasteiger charge is -2.22. The normalized spacial score (nSPS) is 16.7. The van der Waals surface area contributed by atoms with Crippen LogP contribution in [0.4, 0.5) is 11.6 Å². The van der Waals surface area contributed by atoms with Crippen LogP contribution >= 0.6 is 11.3 Å². The van der Waals surface area contributed by atoms with Gasteiger partial charge in [-0.25, -0.2) is 9.97 Å². The Bertz CT molecular complexity index is 1200. The molecule has 5 rings (SSSR count). The number of hydrogen-bond donors (Lipinski definition) is 1. The summed E-state index contributed by atoms with van der Waals surface area (Å²) in [6.07, 6.45) is 11.6. The molecule has 1 aromatic carbocycles. The molecule has 0 radical (unpaired) electrons. The minimum atomic E-state index is 0.444. The number of nitrogens with one attached hydrogen (secondary N) is 1. The molecule has 188 valence electrons. The largest absolute Gasteiger partial charge is 0.493 e. The van der Waals surface area contributed by atoms with Gasteiger partial charge in [0.05, 0.1) is 22.7 Å². The predicted octanol–water partition coefficient (Wildman–Crippen LogP) is 7.04. The molecular weight excluding hydrogens is 466 g/mol. The van der Waals surface area contributed by atoms with Crippen LogP contribution in [-0.2, 0) is 0 Å². The molecule has 1 N–H and O–H groups in total. The molecule has 0 unspecified atom stereocenters. The van der Waals surface area contributed by atoms with E-state index in [1.165, 1.54) is 50.8 Å². The third-order valence-electron chi connectivity index (χ3n) is 7.31. The molecule has 3 heterocycles. The average Bonchev–Trinajstić information content (AvgIpc) is 3.55. The minimum absolute atomic E-state index is 0.444. The van der Waals surface area contributed by atoms with E-state index in [4.69, 9.17) is 9.72 Å².